The molecule has 2 aliphatic heterocycles. The molecule has 0 unspecified atom stereocenters. The Morgan fingerprint density at radius 2 is 1.65 bits per heavy atom. The summed E-state index contributed by atoms with van der Waals surface area (Å²) in [6.45, 7) is 3.08. The topological polar surface area (TPSA) is 84.7 Å². The van der Waals surface area contributed by atoms with Crippen molar-refractivity contribution in [2.45, 2.75) is 63.8 Å². The molecule has 2 saturated heterocycles. The van der Waals surface area contributed by atoms with Crippen LogP contribution < -0.4 is 11.1 Å². The highest BCUT2D eigenvalue weighted by molar-refractivity contribution is 5.85. The van der Waals surface area contributed by atoms with Crippen LogP contribution in [0.1, 0.15) is 57.8 Å². The summed E-state index contributed by atoms with van der Waals surface area (Å²) in [6.07, 6.45) is 8.82. The lowest BCUT2D eigenvalue weighted by molar-refractivity contribution is -0.148. The monoisotopic (exact) mass is 387 g/mol. The number of hydrogen-bond acceptors (Lipinski definition) is 4. The van der Waals surface area contributed by atoms with E-state index in [1.54, 1.807) is 0 Å². The van der Waals surface area contributed by atoms with Crippen LogP contribution in [-0.2, 0) is 14.3 Å². The number of rotatable bonds is 4. The minimum Gasteiger partial charge on any atom is -0.381 e. The molecule has 6 nitrogen and oxygen atoms in total. The Kier molecular flexibility index (Phi) is 8.17. The van der Waals surface area contributed by atoms with Gasteiger partial charge in [-0.15, -0.1) is 12.4 Å². The Morgan fingerprint density at radius 1 is 1.04 bits per heavy atom. The molecule has 150 valence electrons. The molecular weight excluding hydrogens is 354 g/mol. The van der Waals surface area contributed by atoms with Gasteiger partial charge in [-0.1, -0.05) is 19.3 Å². The number of carbonyl (C=O) groups excluding carboxylic acids is 2. The van der Waals surface area contributed by atoms with Gasteiger partial charge in [0.05, 0.1) is 5.41 Å². The lowest BCUT2D eigenvalue weighted by Crippen LogP contribution is -2.54. The molecule has 3 rings (SSSR count). The van der Waals surface area contributed by atoms with Crippen LogP contribution in [0.25, 0.3) is 0 Å². The van der Waals surface area contributed by atoms with E-state index in [1.807, 2.05) is 4.90 Å². The second-order valence-corrected chi connectivity index (χ2v) is 8.01. The van der Waals surface area contributed by atoms with Gasteiger partial charge in [-0.25, -0.2) is 0 Å². The van der Waals surface area contributed by atoms with Crippen LogP contribution in [0.15, 0.2) is 0 Å². The molecule has 0 aromatic rings. The molecule has 3 fully saturated rings. The number of nitrogens with two attached hydrogens (primary N) is 1. The Hall–Kier alpha value is -0.850. The molecule has 0 bridgehead atoms. The highest BCUT2D eigenvalue weighted by Crippen LogP contribution is 2.32. The molecule has 1 aliphatic carbocycles. The summed E-state index contributed by atoms with van der Waals surface area (Å²) in [6, 6.07) is 0.210. The number of nitrogens with one attached hydrogen (secondary N) is 1. The third-order valence-electron chi connectivity index (χ3n) is 6.40. The van der Waals surface area contributed by atoms with Crippen molar-refractivity contribution in [2.75, 3.05) is 32.8 Å². The smallest absolute Gasteiger partial charge is 0.230 e. The van der Waals surface area contributed by atoms with E-state index in [0.717, 1.165) is 51.6 Å². The number of nitrogens with zero attached hydrogens (tertiary/aromatic N) is 1. The predicted octanol–water partition coefficient (Wildman–Crippen LogP) is 1.85. The van der Waals surface area contributed by atoms with Gasteiger partial charge in [0.15, 0.2) is 0 Å². The van der Waals surface area contributed by atoms with Crippen molar-refractivity contribution in [1.29, 1.82) is 0 Å². The van der Waals surface area contributed by atoms with Gasteiger partial charge in [0.25, 0.3) is 0 Å². The molecule has 0 radical (unpaired) electrons. The van der Waals surface area contributed by atoms with Crippen LogP contribution in [0.5, 0.6) is 0 Å². The molecule has 26 heavy (non-hydrogen) atoms. The minimum atomic E-state index is -0.434. The molecular formula is C19H34ClN3O3. The van der Waals surface area contributed by atoms with E-state index in [1.165, 1.54) is 19.3 Å². The number of amides is 2. The lowest BCUT2D eigenvalue weighted by Gasteiger charge is -2.41. The summed E-state index contributed by atoms with van der Waals surface area (Å²) in [7, 11) is 0. The molecule has 3 N–H and O–H groups in total. The fraction of sp³-hybridized carbons (Fsp3) is 0.895. The van der Waals surface area contributed by atoms with E-state index in [2.05, 4.69) is 5.32 Å². The van der Waals surface area contributed by atoms with Crippen molar-refractivity contribution >= 4 is 24.2 Å². The summed E-state index contributed by atoms with van der Waals surface area (Å²) in [5, 5.41) is 3.23. The van der Waals surface area contributed by atoms with Crippen molar-refractivity contribution in [3.63, 3.8) is 0 Å². The summed E-state index contributed by atoms with van der Waals surface area (Å²) in [4.78, 5) is 27.3. The van der Waals surface area contributed by atoms with E-state index in [4.69, 9.17) is 10.5 Å². The van der Waals surface area contributed by atoms with E-state index in [-0.39, 0.29) is 36.2 Å². The quantitative estimate of drug-likeness (QED) is 0.770. The highest BCUT2D eigenvalue weighted by atomic mass is 35.5. The van der Waals surface area contributed by atoms with Crippen molar-refractivity contribution in [3.8, 4) is 0 Å². The standard InChI is InChI=1S/C19H33N3O3.ClH/c20-14-19(8-12-25-13-9-19)18(24)22-10-6-16(7-11-22)21-17(23)15-4-2-1-3-5-15;/h15-16H,1-14,20H2,(H,21,23);1H. The predicted molar refractivity (Wildman–Crippen MR) is 103 cm³/mol. The van der Waals surface area contributed by atoms with Gasteiger partial charge in [-0.2, -0.15) is 0 Å². The summed E-state index contributed by atoms with van der Waals surface area (Å²) in [5.41, 5.74) is 5.53. The van der Waals surface area contributed by atoms with Crippen LogP contribution in [0.2, 0.25) is 0 Å². The van der Waals surface area contributed by atoms with E-state index >= 15 is 0 Å². The largest absolute Gasteiger partial charge is 0.381 e. The van der Waals surface area contributed by atoms with Gasteiger partial charge in [-0.05, 0) is 38.5 Å². The van der Waals surface area contributed by atoms with Gasteiger partial charge in [0.1, 0.15) is 0 Å². The zero-order chi connectivity index (χ0) is 17.7. The maximum absolute atomic E-state index is 13.0. The molecule has 0 atom stereocenters. The van der Waals surface area contributed by atoms with E-state index in [9.17, 15) is 9.59 Å². The van der Waals surface area contributed by atoms with Crippen LogP contribution in [-0.4, -0.2) is 55.6 Å². The number of hydrogen-bond donors (Lipinski definition) is 2. The molecule has 0 aromatic heterocycles. The number of ether oxygens (including phenoxy) is 1. The normalized spacial score (nSPS) is 24.6. The van der Waals surface area contributed by atoms with Crippen LogP contribution in [0.3, 0.4) is 0 Å². The first-order valence-corrected chi connectivity index (χ1v) is 10.0. The van der Waals surface area contributed by atoms with Crippen molar-refractivity contribution in [1.82, 2.24) is 10.2 Å². The third kappa shape index (κ3) is 4.90. The summed E-state index contributed by atoms with van der Waals surface area (Å²) < 4.78 is 5.41. The second kappa shape index (κ2) is 9.90. The summed E-state index contributed by atoms with van der Waals surface area (Å²) >= 11 is 0. The Labute approximate surface area is 163 Å². The molecule has 0 spiro atoms. The maximum atomic E-state index is 13.0. The van der Waals surface area contributed by atoms with Gasteiger partial charge in [0, 0.05) is 44.8 Å². The third-order valence-corrected chi connectivity index (χ3v) is 6.40. The summed E-state index contributed by atoms with van der Waals surface area (Å²) in [5.74, 6) is 0.624. The average Bonchev–Trinajstić information content (AvgIpc) is 2.69. The zero-order valence-electron chi connectivity index (χ0n) is 15.7. The Morgan fingerprint density at radius 3 is 2.23 bits per heavy atom. The molecule has 3 aliphatic rings. The first-order chi connectivity index (χ1) is 12.1. The first kappa shape index (κ1) is 21.5. The van der Waals surface area contributed by atoms with Crippen molar-refractivity contribution in [3.05, 3.63) is 0 Å². The van der Waals surface area contributed by atoms with Gasteiger partial charge in [-0.3, -0.25) is 9.59 Å². The fourth-order valence-corrected chi connectivity index (χ4v) is 4.51. The van der Waals surface area contributed by atoms with Crippen LogP contribution in [0, 0.1) is 11.3 Å². The SMILES string of the molecule is Cl.NCC1(C(=O)N2CCC(NC(=O)C3CCCCC3)CC2)CCOCC1. The van der Waals surface area contributed by atoms with Gasteiger partial charge >= 0.3 is 0 Å². The van der Waals surface area contributed by atoms with E-state index < -0.39 is 5.41 Å². The lowest BCUT2D eigenvalue weighted by atomic mass is 9.78. The number of carbonyl (C=O) groups is 2. The average molecular weight is 388 g/mol. The van der Waals surface area contributed by atoms with Crippen molar-refractivity contribution < 1.29 is 14.3 Å². The number of piperidine rings is 1. The molecule has 7 heteroatoms. The zero-order valence-corrected chi connectivity index (χ0v) is 16.5. The Balaban J connectivity index is 0.00000243. The van der Waals surface area contributed by atoms with Gasteiger partial charge < -0.3 is 20.7 Å². The minimum absolute atomic E-state index is 0. The van der Waals surface area contributed by atoms with E-state index in [0.29, 0.717) is 19.8 Å². The molecule has 2 amide bonds. The maximum Gasteiger partial charge on any atom is 0.230 e. The first-order valence-electron chi connectivity index (χ1n) is 10.0. The van der Waals surface area contributed by atoms with Gasteiger partial charge in [0.2, 0.25) is 11.8 Å². The number of likely N-dealkylation sites (tertiary alicyclic amines) is 1. The van der Waals surface area contributed by atoms with Crippen LogP contribution in [0.4, 0.5) is 0 Å². The Bertz CT molecular complexity index is 469. The highest BCUT2D eigenvalue weighted by Gasteiger charge is 2.42. The second-order valence-electron chi connectivity index (χ2n) is 8.01. The van der Waals surface area contributed by atoms with Crippen molar-refractivity contribution in [2.24, 2.45) is 17.1 Å². The number of halogens is 1. The van der Waals surface area contributed by atoms with Crippen LogP contribution >= 0.6 is 12.4 Å². The molecule has 1 saturated carbocycles. The fourth-order valence-electron chi connectivity index (χ4n) is 4.51. The molecule has 2 heterocycles. The molecule has 0 aromatic carbocycles.